The Morgan fingerprint density at radius 3 is 2.35 bits per heavy atom. The summed E-state index contributed by atoms with van der Waals surface area (Å²) in [5.41, 5.74) is 1.27. The highest BCUT2D eigenvalue weighted by Crippen LogP contribution is 2.35. The summed E-state index contributed by atoms with van der Waals surface area (Å²) < 4.78 is 32.7. The molecular weight excluding hydrogens is 436 g/mol. The summed E-state index contributed by atoms with van der Waals surface area (Å²) in [6.07, 6.45) is -0.148. The van der Waals surface area contributed by atoms with E-state index in [1.165, 1.54) is 12.1 Å². The van der Waals surface area contributed by atoms with Crippen molar-refractivity contribution in [1.29, 1.82) is 5.26 Å². The Morgan fingerprint density at radius 1 is 1.10 bits per heavy atom. The van der Waals surface area contributed by atoms with Crippen LogP contribution in [0.15, 0.2) is 53.4 Å². The highest BCUT2D eigenvalue weighted by Gasteiger charge is 2.36. The van der Waals surface area contributed by atoms with Crippen LogP contribution in [0.2, 0.25) is 5.02 Å². The zero-order valence-corrected chi connectivity index (χ0v) is 18.6. The van der Waals surface area contributed by atoms with Crippen LogP contribution in [0.25, 0.3) is 11.0 Å². The van der Waals surface area contributed by atoms with E-state index >= 15 is 0 Å². The van der Waals surface area contributed by atoms with Crippen molar-refractivity contribution in [2.24, 2.45) is 0 Å². The fourth-order valence-corrected chi connectivity index (χ4v) is 5.50. The molecule has 1 saturated heterocycles. The first-order chi connectivity index (χ1) is 14.8. The van der Waals surface area contributed by atoms with Crippen LogP contribution in [-0.2, 0) is 14.6 Å². The van der Waals surface area contributed by atoms with E-state index in [1.807, 2.05) is 36.9 Å². The van der Waals surface area contributed by atoms with Gasteiger partial charge >= 0.3 is 0 Å². The quantitative estimate of drug-likeness (QED) is 0.586. The zero-order chi connectivity index (χ0) is 22.2. The number of ether oxygens (including phenoxy) is 1. The summed E-state index contributed by atoms with van der Waals surface area (Å²) in [5.74, 6) is 0.387. The van der Waals surface area contributed by atoms with Crippen molar-refractivity contribution in [2.75, 3.05) is 18.0 Å². The Kier molecular flexibility index (Phi) is 5.84. The van der Waals surface area contributed by atoms with Crippen molar-refractivity contribution >= 4 is 38.3 Å². The molecular formula is C22H21ClN4O3S. The Hall–Kier alpha value is -2.73. The topological polar surface area (TPSA) is 96.2 Å². The van der Waals surface area contributed by atoms with Crippen LogP contribution in [0.4, 0.5) is 5.82 Å². The summed E-state index contributed by atoms with van der Waals surface area (Å²) in [6.45, 7) is 4.92. The fraction of sp³-hybridized carbons (Fsp3) is 0.318. The minimum absolute atomic E-state index is 0.0313. The monoisotopic (exact) mass is 456 g/mol. The van der Waals surface area contributed by atoms with Crippen LogP contribution in [0.5, 0.6) is 0 Å². The number of nitriles is 1. The van der Waals surface area contributed by atoms with E-state index in [0.29, 0.717) is 29.9 Å². The molecule has 1 aromatic heterocycles. The van der Waals surface area contributed by atoms with Crippen LogP contribution < -0.4 is 4.90 Å². The number of hydrogen-bond donors (Lipinski definition) is 0. The number of halogens is 1. The number of benzene rings is 2. The standard InChI is InChI=1S/C22H21ClN4O3S/c1-14-12-27(13-15(2)30-14)22-21(25-18-8-3-4-9-19(18)26-22)20(11-24)31(28,29)17-7-5-6-16(23)10-17/h3-10,14-15,20H,12-13H2,1-2H3/t14-,15-,20-/m1/s1. The highest BCUT2D eigenvalue weighted by molar-refractivity contribution is 7.92. The van der Waals surface area contributed by atoms with Crippen molar-refractivity contribution in [1.82, 2.24) is 9.97 Å². The van der Waals surface area contributed by atoms with Crippen molar-refractivity contribution in [3.05, 3.63) is 59.2 Å². The first-order valence-electron chi connectivity index (χ1n) is 9.85. The number of fused-ring (bicyclic) bond motifs is 1. The molecule has 2 aromatic carbocycles. The molecule has 31 heavy (non-hydrogen) atoms. The van der Waals surface area contributed by atoms with E-state index in [2.05, 4.69) is 4.98 Å². The predicted molar refractivity (Wildman–Crippen MR) is 119 cm³/mol. The summed E-state index contributed by atoms with van der Waals surface area (Å²) in [4.78, 5) is 11.3. The molecule has 0 aliphatic carbocycles. The van der Waals surface area contributed by atoms with Gasteiger partial charge in [0.1, 0.15) is 5.69 Å². The molecule has 1 aliphatic rings. The lowest BCUT2D eigenvalue weighted by molar-refractivity contribution is -0.00550. The molecule has 0 spiro atoms. The van der Waals surface area contributed by atoms with E-state index in [0.717, 1.165) is 0 Å². The molecule has 3 aromatic rings. The maximum absolute atomic E-state index is 13.4. The number of para-hydroxylation sites is 2. The maximum atomic E-state index is 13.4. The van der Waals surface area contributed by atoms with Crippen LogP contribution in [0.3, 0.4) is 0 Å². The van der Waals surface area contributed by atoms with E-state index in [1.54, 1.807) is 24.3 Å². The van der Waals surface area contributed by atoms with E-state index < -0.39 is 15.1 Å². The number of nitrogens with zero attached hydrogens (tertiary/aromatic N) is 4. The van der Waals surface area contributed by atoms with Crippen LogP contribution in [0, 0.1) is 11.3 Å². The minimum Gasteiger partial charge on any atom is -0.372 e. The van der Waals surface area contributed by atoms with Gasteiger partial charge in [0.25, 0.3) is 0 Å². The van der Waals surface area contributed by atoms with Gasteiger partial charge in [-0.3, -0.25) is 0 Å². The second kappa shape index (κ2) is 8.42. The van der Waals surface area contributed by atoms with Crippen molar-refractivity contribution in [3.63, 3.8) is 0 Å². The third-order valence-electron chi connectivity index (χ3n) is 5.10. The third-order valence-corrected chi connectivity index (χ3v) is 7.19. The normalized spacial score (nSPS) is 20.4. The molecule has 4 rings (SSSR count). The van der Waals surface area contributed by atoms with Crippen LogP contribution >= 0.6 is 11.6 Å². The molecule has 0 bridgehead atoms. The molecule has 1 aliphatic heterocycles. The summed E-state index contributed by atoms with van der Waals surface area (Å²) >= 11 is 6.01. The minimum atomic E-state index is -4.09. The van der Waals surface area contributed by atoms with Crippen LogP contribution in [0.1, 0.15) is 24.8 Å². The first-order valence-corrected chi connectivity index (χ1v) is 11.8. The van der Waals surface area contributed by atoms with E-state index in [4.69, 9.17) is 21.3 Å². The molecule has 0 saturated carbocycles. The maximum Gasteiger partial charge on any atom is 0.200 e. The fourth-order valence-electron chi connectivity index (χ4n) is 3.82. The average molecular weight is 457 g/mol. The molecule has 0 unspecified atom stereocenters. The summed E-state index contributed by atoms with van der Waals surface area (Å²) in [6, 6.07) is 15.1. The number of sulfone groups is 1. The molecule has 0 radical (unpaired) electrons. The lowest BCUT2D eigenvalue weighted by Gasteiger charge is -2.37. The second-order valence-corrected chi connectivity index (χ2v) is 10.1. The Morgan fingerprint density at radius 2 is 1.74 bits per heavy atom. The summed E-state index contributed by atoms with van der Waals surface area (Å²) in [5, 5.41) is 8.71. The lowest BCUT2D eigenvalue weighted by Crippen LogP contribution is -2.46. The second-order valence-electron chi connectivity index (χ2n) is 7.59. The molecule has 0 amide bonds. The van der Waals surface area contributed by atoms with Gasteiger partial charge in [-0.25, -0.2) is 18.4 Å². The Balaban J connectivity index is 1.91. The zero-order valence-electron chi connectivity index (χ0n) is 17.1. The molecule has 7 nitrogen and oxygen atoms in total. The number of rotatable bonds is 4. The van der Waals surface area contributed by atoms with Crippen LogP contribution in [-0.4, -0.2) is 43.7 Å². The number of anilines is 1. The highest BCUT2D eigenvalue weighted by atomic mass is 35.5. The molecule has 160 valence electrons. The van der Waals surface area contributed by atoms with Crippen molar-refractivity contribution in [2.45, 2.75) is 36.2 Å². The molecule has 3 atom stereocenters. The van der Waals surface area contributed by atoms with Gasteiger partial charge in [0, 0.05) is 18.1 Å². The van der Waals surface area contributed by atoms with Gasteiger partial charge in [0.15, 0.2) is 11.1 Å². The third kappa shape index (κ3) is 4.22. The SMILES string of the molecule is C[C@@H]1CN(c2nc3ccccc3nc2[C@@H](C#N)S(=O)(=O)c2cccc(Cl)c2)C[C@@H](C)O1. The van der Waals surface area contributed by atoms with Gasteiger partial charge in [-0.2, -0.15) is 5.26 Å². The van der Waals surface area contributed by atoms with Gasteiger partial charge in [0.2, 0.25) is 9.84 Å². The van der Waals surface area contributed by atoms with Crippen molar-refractivity contribution in [3.8, 4) is 6.07 Å². The first kappa shape index (κ1) is 21.5. The van der Waals surface area contributed by atoms with Crippen molar-refractivity contribution < 1.29 is 13.2 Å². The summed E-state index contributed by atoms with van der Waals surface area (Å²) in [7, 11) is -4.09. The number of aromatic nitrogens is 2. The average Bonchev–Trinajstić information content (AvgIpc) is 2.73. The molecule has 0 N–H and O–H groups in total. The van der Waals surface area contributed by atoms with Gasteiger partial charge < -0.3 is 9.64 Å². The molecule has 2 heterocycles. The Labute approximate surface area is 186 Å². The largest absolute Gasteiger partial charge is 0.372 e. The molecule has 9 heteroatoms. The lowest BCUT2D eigenvalue weighted by atomic mass is 10.2. The number of hydrogen-bond acceptors (Lipinski definition) is 7. The van der Waals surface area contributed by atoms with Gasteiger partial charge in [-0.05, 0) is 44.2 Å². The van der Waals surface area contributed by atoms with Gasteiger partial charge in [0.05, 0.1) is 34.2 Å². The van der Waals surface area contributed by atoms with Gasteiger partial charge in [-0.1, -0.05) is 29.8 Å². The smallest absolute Gasteiger partial charge is 0.200 e. The molecule has 1 fully saturated rings. The van der Waals surface area contributed by atoms with Gasteiger partial charge in [-0.15, -0.1) is 0 Å². The van der Waals surface area contributed by atoms with E-state index in [9.17, 15) is 13.7 Å². The Bertz CT molecular complexity index is 1270. The number of morpholine rings is 1. The predicted octanol–water partition coefficient (Wildman–Crippen LogP) is 3.94. The van der Waals surface area contributed by atoms with E-state index in [-0.39, 0.29) is 27.8 Å².